The summed E-state index contributed by atoms with van der Waals surface area (Å²) in [5.74, 6) is 0.794. The summed E-state index contributed by atoms with van der Waals surface area (Å²) in [7, 11) is 0. The molecule has 0 saturated carbocycles. The second-order valence-corrected chi connectivity index (χ2v) is 9.24. The van der Waals surface area contributed by atoms with Crippen LogP contribution in [0.15, 0.2) is 30.5 Å². The summed E-state index contributed by atoms with van der Waals surface area (Å²) in [6.07, 6.45) is 5.41. The highest BCUT2D eigenvalue weighted by Crippen LogP contribution is 2.34. The number of nitrogens with zero attached hydrogens (tertiary/aromatic N) is 3. The molecule has 1 aliphatic rings. The number of carbonyl (C=O) groups is 1. The van der Waals surface area contributed by atoms with E-state index < -0.39 is 0 Å². The monoisotopic (exact) mass is 410 g/mol. The summed E-state index contributed by atoms with van der Waals surface area (Å²) < 4.78 is 2.17. The Bertz CT molecular complexity index is 986. The fraction of sp³-hybridized carbons (Fsp3) is 0.478. The third-order valence-electron chi connectivity index (χ3n) is 5.82. The number of piperidine rings is 1. The summed E-state index contributed by atoms with van der Waals surface area (Å²) in [5.41, 5.74) is 3.21. The topological polar surface area (TPSA) is 50.2 Å². The molecule has 1 atom stereocenters. The van der Waals surface area contributed by atoms with E-state index in [1.165, 1.54) is 37.3 Å². The number of carbonyl (C=O) groups excluding carboxylic acids is 1. The van der Waals surface area contributed by atoms with Crippen molar-refractivity contribution in [3.8, 4) is 5.69 Å². The molecule has 6 heteroatoms. The van der Waals surface area contributed by atoms with Crippen molar-refractivity contribution in [1.82, 2.24) is 19.8 Å². The summed E-state index contributed by atoms with van der Waals surface area (Å²) in [5, 5.41) is 4.19. The van der Waals surface area contributed by atoms with Crippen molar-refractivity contribution < 1.29 is 4.79 Å². The van der Waals surface area contributed by atoms with Crippen molar-refractivity contribution in [3.05, 3.63) is 46.7 Å². The van der Waals surface area contributed by atoms with E-state index >= 15 is 0 Å². The van der Waals surface area contributed by atoms with E-state index in [1.54, 1.807) is 6.20 Å². The molecular weight excluding hydrogens is 380 g/mol. The zero-order chi connectivity index (χ0) is 20.4. The first-order valence-electron chi connectivity index (χ1n) is 10.6. The molecule has 1 saturated heterocycles. The lowest BCUT2D eigenvalue weighted by Crippen LogP contribution is -2.36. The Kier molecular flexibility index (Phi) is 6.01. The molecule has 0 aliphatic carbocycles. The Morgan fingerprint density at radius 1 is 1.28 bits per heavy atom. The van der Waals surface area contributed by atoms with Crippen molar-refractivity contribution in [3.63, 3.8) is 0 Å². The number of likely N-dealkylation sites (tertiary alicyclic amines) is 1. The number of rotatable bonds is 6. The molecule has 1 amide bonds. The first-order chi connectivity index (χ1) is 14.0. The second kappa shape index (κ2) is 8.67. The standard InChI is InChI=1S/C23H30N4OS/c1-16-7-5-13-26(15-16)14-6-12-24-22(28)21-20(27-17(2)9-10-18(27)3)19-8-4-11-25-23(19)29-21/h4,8-11,16H,5-7,12-15H2,1-3H3,(H,24,28). The zero-order valence-corrected chi connectivity index (χ0v) is 18.4. The van der Waals surface area contributed by atoms with Gasteiger partial charge in [-0.1, -0.05) is 6.92 Å². The van der Waals surface area contributed by atoms with Crippen LogP contribution in [0.5, 0.6) is 0 Å². The molecule has 0 radical (unpaired) electrons. The minimum atomic E-state index is 0.00233. The van der Waals surface area contributed by atoms with Gasteiger partial charge < -0.3 is 14.8 Å². The van der Waals surface area contributed by atoms with Crippen molar-refractivity contribution in [2.75, 3.05) is 26.2 Å². The van der Waals surface area contributed by atoms with Crippen molar-refractivity contribution in [2.45, 2.75) is 40.0 Å². The molecule has 0 spiro atoms. The minimum Gasteiger partial charge on any atom is -0.351 e. The van der Waals surface area contributed by atoms with Crippen molar-refractivity contribution in [1.29, 1.82) is 0 Å². The molecular formula is C23H30N4OS. The van der Waals surface area contributed by atoms with Gasteiger partial charge in [-0.15, -0.1) is 11.3 Å². The molecule has 3 aromatic rings. The molecule has 154 valence electrons. The fourth-order valence-corrected chi connectivity index (χ4v) is 5.44. The van der Waals surface area contributed by atoms with E-state index in [2.05, 4.69) is 58.7 Å². The number of fused-ring (bicyclic) bond motifs is 1. The summed E-state index contributed by atoms with van der Waals surface area (Å²) in [6, 6.07) is 8.18. The van der Waals surface area contributed by atoms with E-state index in [1.807, 2.05) is 6.07 Å². The number of aryl methyl sites for hydroxylation is 2. The Balaban J connectivity index is 1.50. The highest BCUT2D eigenvalue weighted by Gasteiger charge is 2.22. The van der Waals surface area contributed by atoms with Gasteiger partial charge in [0.1, 0.15) is 9.71 Å². The molecule has 4 rings (SSSR count). The van der Waals surface area contributed by atoms with Crippen LogP contribution in [0.2, 0.25) is 0 Å². The lowest BCUT2D eigenvalue weighted by molar-refractivity contribution is 0.0954. The van der Waals surface area contributed by atoms with E-state index in [0.717, 1.165) is 51.1 Å². The normalized spacial score (nSPS) is 17.7. The van der Waals surface area contributed by atoms with Crippen molar-refractivity contribution >= 4 is 27.5 Å². The third-order valence-corrected chi connectivity index (χ3v) is 6.92. The third kappa shape index (κ3) is 4.23. The van der Waals surface area contributed by atoms with Crippen LogP contribution in [-0.2, 0) is 0 Å². The lowest BCUT2D eigenvalue weighted by Gasteiger charge is -2.30. The molecule has 29 heavy (non-hydrogen) atoms. The smallest absolute Gasteiger partial charge is 0.263 e. The average molecular weight is 411 g/mol. The van der Waals surface area contributed by atoms with Gasteiger partial charge in [0.15, 0.2) is 0 Å². The maximum atomic E-state index is 13.1. The molecule has 1 N–H and O–H groups in total. The maximum absolute atomic E-state index is 13.1. The highest BCUT2D eigenvalue weighted by molar-refractivity contribution is 7.21. The van der Waals surface area contributed by atoms with Gasteiger partial charge >= 0.3 is 0 Å². The Morgan fingerprint density at radius 3 is 2.83 bits per heavy atom. The van der Waals surface area contributed by atoms with Gasteiger partial charge in [-0.25, -0.2) is 4.98 Å². The molecule has 1 fully saturated rings. The number of pyridine rings is 1. The summed E-state index contributed by atoms with van der Waals surface area (Å²) in [6.45, 7) is 10.6. The van der Waals surface area contributed by atoms with Crippen LogP contribution in [0.3, 0.4) is 0 Å². The van der Waals surface area contributed by atoms with Gasteiger partial charge in [0.25, 0.3) is 5.91 Å². The zero-order valence-electron chi connectivity index (χ0n) is 17.6. The van der Waals surface area contributed by atoms with Crippen LogP contribution in [0.25, 0.3) is 15.9 Å². The van der Waals surface area contributed by atoms with E-state index in [-0.39, 0.29) is 5.91 Å². The minimum absolute atomic E-state index is 0.00233. The number of hydrogen-bond donors (Lipinski definition) is 1. The molecule has 3 aromatic heterocycles. The first-order valence-corrected chi connectivity index (χ1v) is 11.4. The van der Waals surface area contributed by atoms with Gasteiger partial charge in [0, 0.05) is 36.1 Å². The number of aromatic nitrogens is 2. The molecule has 0 aromatic carbocycles. The summed E-state index contributed by atoms with van der Waals surface area (Å²) >= 11 is 1.48. The molecule has 5 nitrogen and oxygen atoms in total. The van der Waals surface area contributed by atoms with Gasteiger partial charge in [0.05, 0.1) is 5.69 Å². The predicted octanol–water partition coefficient (Wildman–Crippen LogP) is 4.56. The summed E-state index contributed by atoms with van der Waals surface area (Å²) in [4.78, 5) is 21.8. The first kappa shape index (κ1) is 20.1. The van der Waals surface area contributed by atoms with Crippen LogP contribution in [-0.4, -0.2) is 46.5 Å². The SMILES string of the molecule is Cc1ccc(C)n1-c1c(C(=O)NCCCN2CCCC(C)C2)sc2ncccc12. The van der Waals surface area contributed by atoms with Crippen LogP contribution < -0.4 is 5.32 Å². The predicted molar refractivity (Wildman–Crippen MR) is 120 cm³/mol. The van der Waals surface area contributed by atoms with E-state index in [0.29, 0.717) is 6.54 Å². The van der Waals surface area contributed by atoms with Crippen LogP contribution in [0.4, 0.5) is 0 Å². The largest absolute Gasteiger partial charge is 0.351 e. The number of amides is 1. The highest BCUT2D eigenvalue weighted by atomic mass is 32.1. The van der Waals surface area contributed by atoms with Crippen LogP contribution in [0, 0.1) is 19.8 Å². The second-order valence-electron chi connectivity index (χ2n) is 8.24. The van der Waals surface area contributed by atoms with Crippen LogP contribution >= 0.6 is 11.3 Å². The Morgan fingerprint density at radius 2 is 2.07 bits per heavy atom. The average Bonchev–Trinajstić information content (AvgIpc) is 3.24. The molecule has 0 bridgehead atoms. The number of nitrogens with one attached hydrogen (secondary N) is 1. The number of hydrogen-bond acceptors (Lipinski definition) is 4. The molecule has 4 heterocycles. The maximum Gasteiger partial charge on any atom is 0.263 e. The fourth-order valence-electron chi connectivity index (χ4n) is 4.39. The Labute approximate surface area is 176 Å². The molecule has 1 unspecified atom stereocenters. The lowest BCUT2D eigenvalue weighted by atomic mass is 10.0. The quantitative estimate of drug-likeness (QED) is 0.606. The Hall–Kier alpha value is -2.18. The van der Waals surface area contributed by atoms with Gasteiger partial charge in [-0.05, 0) is 76.4 Å². The van der Waals surface area contributed by atoms with Crippen molar-refractivity contribution in [2.24, 2.45) is 5.92 Å². The van der Waals surface area contributed by atoms with Crippen LogP contribution in [0.1, 0.15) is 47.2 Å². The van der Waals surface area contributed by atoms with E-state index in [9.17, 15) is 4.79 Å². The van der Waals surface area contributed by atoms with Gasteiger partial charge in [-0.2, -0.15) is 0 Å². The molecule has 1 aliphatic heterocycles. The van der Waals surface area contributed by atoms with Gasteiger partial charge in [-0.3, -0.25) is 4.79 Å². The number of thiophene rings is 1. The van der Waals surface area contributed by atoms with E-state index in [4.69, 9.17) is 0 Å². The van der Waals surface area contributed by atoms with Gasteiger partial charge in [0.2, 0.25) is 0 Å².